The van der Waals surface area contributed by atoms with Gasteiger partial charge in [0.2, 0.25) is 15.9 Å². The molecule has 0 bridgehead atoms. The fourth-order valence-corrected chi connectivity index (χ4v) is 2.55. The molecule has 6 nitrogen and oxygen atoms in total. The molecule has 0 aliphatic heterocycles. The predicted molar refractivity (Wildman–Crippen MR) is 78.9 cm³/mol. The lowest BCUT2D eigenvalue weighted by Crippen LogP contribution is -2.36. The number of sulfonamides is 1. The second-order valence-electron chi connectivity index (χ2n) is 4.38. The van der Waals surface area contributed by atoms with Crippen LogP contribution in [0.5, 0.6) is 0 Å². The van der Waals surface area contributed by atoms with Crippen LogP contribution in [0.15, 0.2) is 29.2 Å². The largest absolute Gasteiger partial charge is 0.395 e. The summed E-state index contributed by atoms with van der Waals surface area (Å²) in [4.78, 5) is 12.8. The van der Waals surface area contributed by atoms with E-state index < -0.39 is 10.0 Å². The molecular formula is C14H18N2O4S. The lowest BCUT2D eigenvalue weighted by atomic mass is 10.2. The van der Waals surface area contributed by atoms with Crippen molar-refractivity contribution >= 4 is 15.9 Å². The average Bonchev–Trinajstić information content (AvgIpc) is 2.45. The van der Waals surface area contributed by atoms with Crippen molar-refractivity contribution in [2.45, 2.75) is 11.3 Å². The molecule has 0 aromatic heterocycles. The lowest BCUT2D eigenvalue weighted by Gasteiger charge is -2.12. The molecule has 1 amide bonds. The van der Waals surface area contributed by atoms with Crippen molar-refractivity contribution in [2.75, 3.05) is 27.2 Å². The fraction of sp³-hybridized carbons (Fsp3) is 0.357. The normalized spacial score (nSPS) is 10.6. The van der Waals surface area contributed by atoms with Crippen LogP contribution in [0.3, 0.4) is 0 Å². The van der Waals surface area contributed by atoms with Gasteiger partial charge in [-0.05, 0) is 12.1 Å². The Balaban J connectivity index is 2.99. The maximum atomic E-state index is 12.2. The van der Waals surface area contributed by atoms with E-state index in [-0.39, 0.29) is 30.4 Å². The second kappa shape index (κ2) is 7.78. The first-order valence-corrected chi connectivity index (χ1v) is 7.75. The van der Waals surface area contributed by atoms with E-state index in [1.165, 1.54) is 11.0 Å². The predicted octanol–water partition coefficient (Wildman–Crippen LogP) is -0.213. The first kappa shape index (κ1) is 17.2. The van der Waals surface area contributed by atoms with E-state index in [0.29, 0.717) is 5.56 Å². The number of hydrogen-bond acceptors (Lipinski definition) is 4. The summed E-state index contributed by atoms with van der Waals surface area (Å²) in [7, 11) is -0.726. The van der Waals surface area contributed by atoms with Crippen molar-refractivity contribution in [2.24, 2.45) is 0 Å². The monoisotopic (exact) mass is 310 g/mol. The number of nitrogens with one attached hydrogen (secondary N) is 1. The number of likely N-dealkylation sites (N-methyl/N-ethyl adjacent to an activating group) is 1. The summed E-state index contributed by atoms with van der Waals surface area (Å²) < 4.78 is 26.7. The highest BCUT2D eigenvalue weighted by molar-refractivity contribution is 7.89. The lowest BCUT2D eigenvalue weighted by molar-refractivity contribution is -0.127. The molecule has 0 atom stereocenters. The van der Waals surface area contributed by atoms with Gasteiger partial charge in [0, 0.05) is 26.1 Å². The summed E-state index contributed by atoms with van der Waals surface area (Å²) in [5.41, 5.74) is 0.329. The van der Waals surface area contributed by atoms with Crippen molar-refractivity contribution in [1.29, 1.82) is 0 Å². The highest BCUT2D eigenvalue weighted by Gasteiger charge is 2.18. The van der Waals surface area contributed by atoms with E-state index >= 15 is 0 Å². The zero-order valence-electron chi connectivity index (χ0n) is 12.0. The summed E-state index contributed by atoms with van der Waals surface area (Å²) in [6, 6.07) is 6.25. The minimum atomic E-state index is -3.82. The first-order chi connectivity index (χ1) is 9.88. The summed E-state index contributed by atoms with van der Waals surface area (Å²) in [5, 5.41) is 8.70. The zero-order chi connectivity index (χ0) is 15.9. The summed E-state index contributed by atoms with van der Waals surface area (Å²) >= 11 is 0. The van der Waals surface area contributed by atoms with Gasteiger partial charge in [-0.1, -0.05) is 24.0 Å². The van der Waals surface area contributed by atoms with Crippen LogP contribution >= 0.6 is 0 Å². The third-order valence-corrected chi connectivity index (χ3v) is 4.01. The summed E-state index contributed by atoms with van der Waals surface area (Å²) in [6.07, 6.45) is 0.265. The fourth-order valence-electron chi connectivity index (χ4n) is 1.41. The van der Waals surface area contributed by atoms with Crippen LogP contribution in [0.25, 0.3) is 0 Å². The van der Waals surface area contributed by atoms with Gasteiger partial charge >= 0.3 is 0 Å². The molecular weight excluding hydrogens is 292 g/mol. The van der Waals surface area contributed by atoms with Crippen LogP contribution in [0.4, 0.5) is 0 Å². The molecule has 0 saturated heterocycles. The number of rotatable bonds is 5. The number of hydrogen-bond donors (Lipinski definition) is 2. The molecule has 1 rings (SSSR count). The topological polar surface area (TPSA) is 86.7 Å². The smallest absolute Gasteiger partial charge is 0.242 e. The van der Waals surface area contributed by atoms with Crippen molar-refractivity contribution < 1.29 is 18.3 Å². The third kappa shape index (κ3) is 5.19. The Morgan fingerprint density at radius 2 is 2.00 bits per heavy atom. The highest BCUT2D eigenvalue weighted by Crippen LogP contribution is 2.14. The number of carbonyl (C=O) groups excluding carboxylic acids is 1. The Kier molecular flexibility index (Phi) is 6.37. The number of benzene rings is 1. The Hall–Kier alpha value is -1.88. The van der Waals surface area contributed by atoms with Gasteiger partial charge in [0.05, 0.1) is 18.0 Å². The Labute approximate surface area is 124 Å². The summed E-state index contributed by atoms with van der Waals surface area (Å²) in [5.74, 6) is 5.04. The van der Waals surface area contributed by atoms with Gasteiger partial charge in [-0.25, -0.2) is 13.1 Å². The molecule has 21 heavy (non-hydrogen) atoms. The number of nitrogens with zero attached hydrogens (tertiary/aromatic N) is 1. The molecule has 2 N–H and O–H groups in total. The molecule has 0 fully saturated rings. The van der Waals surface area contributed by atoms with Crippen LogP contribution in [0.1, 0.15) is 12.0 Å². The van der Waals surface area contributed by atoms with Crippen molar-refractivity contribution in [3.63, 3.8) is 0 Å². The van der Waals surface area contributed by atoms with E-state index in [0.717, 1.165) is 0 Å². The zero-order valence-corrected chi connectivity index (χ0v) is 12.8. The van der Waals surface area contributed by atoms with E-state index in [2.05, 4.69) is 16.6 Å². The summed E-state index contributed by atoms with van der Waals surface area (Å²) in [6.45, 7) is -0.398. The molecule has 7 heteroatoms. The van der Waals surface area contributed by atoms with Crippen LogP contribution in [0, 0.1) is 11.8 Å². The maximum absolute atomic E-state index is 12.2. The van der Waals surface area contributed by atoms with Gasteiger partial charge in [-0.15, -0.1) is 0 Å². The first-order valence-electron chi connectivity index (χ1n) is 6.27. The van der Waals surface area contributed by atoms with Gasteiger partial charge in [0.1, 0.15) is 0 Å². The number of carbonyl (C=O) groups is 1. The Morgan fingerprint density at radius 1 is 1.33 bits per heavy atom. The molecule has 1 aromatic carbocycles. The van der Waals surface area contributed by atoms with Gasteiger partial charge in [-0.2, -0.15) is 0 Å². The minimum Gasteiger partial charge on any atom is -0.395 e. The number of aliphatic hydroxyl groups excluding tert-OH is 1. The third-order valence-electron chi connectivity index (χ3n) is 2.55. The van der Waals surface area contributed by atoms with Crippen LogP contribution < -0.4 is 4.72 Å². The molecule has 0 unspecified atom stereocenters. The molecule has 0 spiro atoms. The van der Waals surface area contributed by atoms with Crippen LogP contribution in [-0.4, -0.2) is 51.6 Å². The van der Waals surface area contributed by atoms with Crippen LogP contribution in [-0.2, 0) is 14.8 Å². The van der Waals surface area contributed by atoms with Gasteiger partial charge in [0.15, 0.2) is 0 Å². The average molecular weight is 310 g/mol. The van der Waals surface area contributed by atoms with E-state index in [1.807, 2.05) is 0 Å². The Morgan fingerprint density at radius 3 is 2.62 bits per heavy atom. The van der Waals surface area contributed by atoms with Crippen LogP contribution in [0.2, 0.25) is 0 Å². The SMILES string of the molecule is CN(C)C(=O)CNS(=O)(=O)c1ccccc1C#CCCO. The second-order valence-corrected chi connectivity index (χ2v) is 6.12. The van der Waals surface area contributed by atoms with Gasteiger partial charge in [-0.3, -0.25) is 4.79 Å². The van der Waals surface area contributed by atoms with E-state index in [4.69, 9.17) is 5.11 Å². The van der Waals surface area contributed by atoms with Gasteiger partial charge in [0.25, 0.3) is 0 Å². The maximum Gasteiger partial charge on any atom is 0.242 e. The van der Waals surface area contributed by atoms with Gasteiger partial charge < -0.3 is 10.0 Å². The van der Waals surface area contributed by atoms with Crippen molar-refractivity contribution in [3.05, 3.63) is 29.8 Å². The molecule has 0 heterocycles. The quantitative estimate of drug-likeness (QED) is 0.737. The molecule has 1 aromatic rings. The van der Waals surface area contributed by atoms with E-state index in [9.17, 15) is 13.2 Å². The Bertz CT molecular complexity index is 657. The molecule has 0 radical (unpaired) electrons. The van der Waals surface area contributed by atoms with E-state index in [1.54, 1.807) is 32.3 Å². The molecule has 0 aliphatic carbocycles. The molecule has 114 valence electrons. The minimum absolute atomic E-state index is 0.0157. The van der Waals surface area contributed by atoms with Crippen molar-refractivity contribution in [3.8, 4) is 11.8 Å². The molecule has 0 aliphatic rings. The number of amides is 1. The standard InChI is InChI=1S/C14H18N2O4S/c1-16(2)14(18)11-15-21(19,20)13-9-4-3-7-12(13)8-5-6-10-17/h3-4,7,9,15,17H,6,10-11H2,1-2H3. The van der Waals surface area contributed by atoms with Crippen molar-refractivity contribution in [1.82, 2.24) is 9.62 Å². The highest BCUT2D eigenvalue weighted by atomic mass is 32.2. The molecule has 0 saturated carbocycles. The number of aliphatic hydroxyl groups is 1.